The van der Waals surface area contributed by atoms with Crippen molar-refractivity contribution >= 4 is 32.3 Å². The Morgan fingerprint density at radius 2 is 1.25 bits per heavy atom. The summed E-state index contributed by atoms with van der Waals surface area (Å²) in [4.78, 5) is 0. The number of hydrogen-bond donors (Lipinski definition) is 0. The summed E-state index contributed by atoms with van der Waals surface area (Å²) in [5, 5.41) is 8.08. The average Bonchev–Trinajstić information content (AvgIpc) is 2.78. The molecule has 4 aromatic rings. The van der Waals surface area contributed by atoms with Crippen molar-refractivity contribution in [1.82, 2.24) is 0 Å². The predicted molar refractivity (Wildman–Crippen MR) is 74.6 cm³/mol. The molecule has 3 heteroatoms. The maximum atomic E-state index is 2.30. The summed E-state index contributed by atoms with van der Waals surface area (Å²) in [7, 11) is 0. The molecule has 0 aliphatic carbocycles. The van der Waals surface area contributed by atoms with Gasteiger partial charge in [-0.2, -0.15) is 0 Å². The minimum absolute atomic E-state index is 0. The normalized spacial score (nSPS) is 9.80. The van der Waals surface area contributed by atoms with E-state index in [4.69, 9.17) is 0 Å². The summed E-state index contributed by atoms with van der Waals surface area (Å²) in [6.45, 7) is 0. The standard InChI is InChI=1S/C17H11.2ClH.Zr/c1-3-7-14-12(5-1)9-10-16-15-8-4-2-6-13(15)11-17(14)16;;;/h1-11H;2*1H;/q-1;;;+3/p-2. The van der Waals surface area contributed by atoms with E-state index in [1.165, 1.54) is 32.3 Å². The van der Waals surface area contributed by atoms with E-state index in [2.05, 4.69) is 66.7 Å². The Balaban J connectivity index is 0.000000667. The van der Waals surface area contributed by atoms with E-state index in [9.17, 15) is 0 Å². The molecule has 0 amide bonds. The van der Waals surface area contributed by atoms with Gasteiger partial charge in [-0.3, -0.25) is 0 Å². The van der Waals surface area contributed by atoms with E-state index in [0.717, 1.165) is 0 Å². The molecular weight excluding hydrogens is 366 g/mol. The van der Waals surface area contributed by atoms with E-state index in [1.54, 1.807) is 0 Å². The van der Waals surface area contributed by atoms with Crippen LogP contribution in [0, 0.1) is 0 Å². The van der Waals surface area contributed by atoms with Crippen LogP contribution >= 0.6 is 0 Å². The van der Waals surface area contributed by atoms with Gasteiger partial charge in [-0.1, -0.05) is 65.4 Å². The molecule has 0 saturated carbocycles. The molecule has 0 bridgehead atoms. The minimum Gasteiger partial charge on any atom is -1.00 e. The van der Waals surface area contributed by atoms with Crippen LogP contribution in [0.5, 0.6) is 0 Å². The maximum absolute atomic E-state index is 2.30. The van der Waals surface area contributed by atoms with Gasteiger partial charge in [-0.05, 0) is 0 Å². The fraction of sp³-hybridized carbons (Fsp3) is 0. The molecule has 0 nitrogen and oxygen atoms in total. The van der Waals surface area contributed by atoms with Crippen LogP contribution in [0.2, 0.25) is 0 Å². The second-order valence-corrected chi connectivity index (χ2v) is 4.48. The van der Waals surface area contributed by atoms with E-state index in [-0.39, 0.29) is 51.0 Å². The summed E-state index contributed by atoms with van der Waals surface area (Å²) < 4.78 is 0. The number of rotatable bonds is 0. The topological polar surface area (TPSA) is 0 Å². The van der Waals surface area contributed by atoms with Crippen LogP contribution in [0.25, 0.3) is 32.3 Å². The monoisotopic (exact) mass is 375 g/mol. The summed E-state index contributed by atoms with van der Waals surface area (Å²) in [6.07, 6.45) is 0. The summed E-state index contributed by atoms with van der Waals surface area (Å²) in [6, 6.07) is 23.9. The predicted octanol–water partition coefficient (Wildman–Crippen LogP) is -1.13. The zero-order valence-electron chi connectivity index (χ0n) is 10.6. The SMILES string of the molecule is [Cl-].[Cl-].[Zr+3].c1ccc2c(c1)ccc1c3ccccc3[cH-]c21. The number of fused-ring (bicyclic) bond motifs is 5. The van der Waals surface area contributed by atoms with Crippen molar-refractivity contribution in [3.63, 3.8) is 0 Å². The molecule has 1 radical (unpaired) electrons. The molecule has 0 aliphatic heterocycles. The van der Waals surface area contributed by atoms with Gasteiger partial charge >= 0.3 is 26.2 Å². The van der Waals surface area contributed by atoms with Crippen LogP contribution in [-0.4, -0.2) is 0 Å². The fourth-order valence-corrected chi connectivity index (χ4v) is 2.71. The molecular formula is C17H11Cl2Zr. The average molecular weight is 377 g/mol. The molecule has 0 saturated heterocycles. The van der Waals surface area contributed by atoms with Crippen LogP contribution < -0.4 is 24.8 Å². The molecule has 20 heavy (non-hydrogen) atoms. The van der Waals surface area contributed by atoms with E-state index in [0.29, 0.717) is 0 Å². The quantitative estimate of drug-likeness (QED) is 0.341. The van der Waals surface area contributed by atoms with Crippen molar-refractivity contribution in [2.24, 2.45) is 0 Å². The maximum Gasteiger partial charge on any atom is 3.00 e. The van der Waals surface area contributed by atoms with Gasteiger partial charge in [0.1, 0.15) is 0 Å². The Bertz CT molecular complexity index is 849. The first kappa shape index (κ1) is 17.3. The molecule has 0 fully saturated rings. The molecule has 0 aromatic heterocycles. The van der Waals surface area contributed by atoms with Crippen LogP contribution in [0.3, 0.4) is 0 Å². The third kappa shape index (κ3) is 2.55. The van der Waals surface area contributed by atoms with Crippen molar-refractivity contribution in [2.45, 2.75) is 0 Å². The van der Waals surface area contributed by atoms with Crippen molar-refractivity contribution in [3.8, 4) is 0 Å². The Morgan fingerprint density at radius 1 is 0.600 bits per heavy atom. The van der Waals surface area contributed by atoms with Crippen molar-refractivity contribution in [1.29, 1.82) is 0 Å². The smallest absolute Gasteiger partial charge is 1.00 e. The molecule has 4 rings (SSSR count). The third-order valence-corrected chi connectivity index (χ3v) is 3.52. The molecule has 0 spiro atoms. The molecule has 4 aromatic carbocycles. The van der Waals surface area contributed by atoms with Gasteiger partial charge in [0.05, 0.1) is 0 Å². The fourth-order valence-electron chi connectivity index (χ4n) is 2.71. The first-order valence-electron chi connectivity index (χ1n) is 5.89. The van der Waals surface area contributed by atoms with Crippen LogP contribution in [0.1, 0.15) is 0 Å². The Labute approximate surface area is 149 Å². The van der Waals surface area contributed by atoms with Crippen molar-refractivity contribution < 1.29 is 51.0 Å². The van der Waals surface area contributed by atoms with Gasteiger partial charge in [0.15, 0.2) is 0 Å². The van der Waals surface area contributed by atoms with E-state index in [1.807, 2.05) is 0 Å². The second-order valence-electron chi connectivity index (χ2n) is 4.48. The zero-order valence-corrected chi connectivity index (χ0v) is 14.6. The first-order valence-corrected chi connectivity index (χ1v) is 5.89. The van der Waals surface area contributed by atoms with Crippen LogP contribution in [0.15, 0.2) is 66.7 Å². The molecule has 0 unspecified atom stereocenters. The van der Waals surface area contributed by atoms with E-state index >= 15 is 0 Å². The van der Waals surface area contributed by atoms with Gasteiger partial charge in [-0.25, -0.2) is 0 Å². The minimum atomic E-state index is 0. The zero-order chi connectivity index (χ0) is 11.2. The summed E-state index contributed by atoms with van der Waals surface area (Å²) in [5.41, 5.74) is 0. The number of hydrogen-bond acceptors (Lipinski definition) is 0. The van der Waals surface area contributed by atoms with Crippen LogP contribution in [0.4, 0.5) is 0 Å². The van der Waals surface area contributed by atoms with Gasteiger partial charge in [0, 0.05) is 0 Å². The summed E-state index contributed by atoms with van der Waals surface area (Å²) in [5.74, 6) is 0. The molecule has 0 N–H and O–H groups in total. The second kappa shape index (κ2) is 6.81. The molecule has 0 atom stereocenters. The molecule has 0 heterocycles. The van der Waals surface area contributed by atoms with E-state index < -0.39 is 0 Å². The van der Waals surface area contributed by atoms with Crippen LogP contribution in [-0.2, 0) is 26.2 Å². The van der Waals surface area contributed by atoms with Gasteiger partial charge in [-0.15, -0.1) is 33.7 Å². The molecule has 0 aliphatic rings. The van der Waals surface area contributed by atoms with Crippen molar-refractivity contribution in [3.05, 3.63) is 66.7 Å². The third-order valence-electron chi connectivity index (χ3n) is 3.52. The largest absolute Gasteiger partial charge is 3.00 e. The first-order chi connectivity index (χ1) is 8.43. The number of benzene rings is 3. The molecule has 97 valence electrons. The number of halogens is 2. The Kier molecular flexibility index (Phi) is 5.89. The Morgan fingerprint density at radius 3 is 2.05 bits per heavy atom. The summed E-state index contributed by atoms with van der Waals surface area (Å²) >= 11 is 0. The van der Waals surface area contributed by atoms with Gasteiger partial charge in [0.2, 0.25) is 0 Å². The van der Waals surface area contributed by atoms with Crippen molar-refractivity contribution in [2.75, 3.05) is 0 Å². The van der Waals surface area contributed by atoms with Gasteiger partial charge < -0.3 is 24.8 Å². The Hall–Kier alpha value is -0.747. The van der Waals surface area contributed by atoms with Gasteiger partial charge in [0.25, 0.3) is 0 Å².